The van der Waals surface area contributed by atoms with Gasteiger partial charge in [0.15, 0.2) is 5.13 Å². The van der Waals surface area contributed by atoms with Crippen LogP contribution < -0.4 is 5.32 Å². The monoisotopic (exact) mass is 288 g/mol. The van der Waals surface area contributed by atoms with Gasteiger partial charge in [0, 0.05) is 29.5 Å². The zero-order valence-corrected chi connectivity index (χ0v) is 11.2. The van der Waals surface area contributed by atoms with Crippen molar-refractivity contribution in [3.05, 3.63) is 47.2 Å². The summed E-state index contributed by atoms with van der Waals surface area (Å²) in [5, 5.41) is 5.13. The van der Waals surface area contributed by atoms with Gasteiger partial charge in [-0.1, -0.05) is 0 Å². The van der Waals surface area contributed by atoms with E-state index in [-0.39, 0.29) is 5.91 Å². The van der Waals surface area contributed by atoms with E-state index in [1.165, 1.54) is 22.7 Å². The van der Waals surface area contributed by atoms with E-state index in [2.05, 4.69) is 20.3 Å². The highest BCUT2D eigenvalue weighted by molar-refractivity contribution is 7.13. The first-order chi connectivity index (χ1) is 9.33. The van der Waals surface area contributed by atoms with Gasteiger partial charge in [-0.15, -0.1) is 22.7 Å². The molecule has 0 radical (unpaired) electrons. The van der Waals surface area contributed by atoms with Gasteiger partial charge in [0.05, 0.1) is 16.1 Å². The lowest BCUT2D eigenvalue weighted by atomic mass is 10.2. The minimum atomic E-state index is -0.192. The molecule has 7 heteroatoms. The Labute approximate surface area is 117 Å². The number of hydrogen-bond acceptors (Lipinski definition) is 6. The number of nitrogens with one attached hydrogen (secondary N) is 1. The van der Waals surface area contributed by atoms with E-state index in [9.17, 15) is 4.79 Å². The first kappa shape index (κ1) is 11.9. The second kappa shape index (κ2) is 5.25. The first-order valence-electron chi connectivity index (χ1n) is 5.39. The molecule has 0 aliphatic rings. The van der Waals surface area contributed by atoms with Crippen LogP contribution in [0.2, 0.25) is 0 Å². The summed E-state index contributed by atoms with van der Waals surface area (Å²) >= 11 is 2.87. The van der Waals surface area contributed by atoms with Crippen LogP contribution >= 0.6 is 22.7 Å². The van der Waals surface area contributed by atoms with Crippen molar-refractivity contribution < 1.29 is 4.79 Å². The molecule has 0 aromatic carbocycles. The standard InChI is InChI=1S/C12H8N4OS2/c17-11(16-12-15-3-4-18-12)8-1-2-14-9(5-8)10-6-13-7-19-10/h1-7H,(H,15,16,17). The summed E-state index contributed by atoms with van der Waals surface area (Å²) in [7, 11) is 0. The Morgan fingerprint density at radius 2 is 2.16 bits per heavy atom. The van der Waals surface area contributed by atoms with Crippen molar-refractivity contribution in [2.24, 2.45) is 0 Å². The van der Waals surface area contributed by atoms with Crippen LogP contribution in [0.25, 0.3) is 10.6 Å². The van der Waals surface area contributed by atoms with Crippen LogP contribution in [-0.2, 0) is 0 Å². The Bertz CT molecular complexity index is 680. The molecule has 1 N–H and O–H groups in total. The Morgan fingerprint density at radius 1 is 1.21 bits per heavy atom. The van der Waals surface area contributed by atoms with Crippen LogP contribution in [0.5, 0.6) is 0 Å². The van der Waals surface area contributed by atoms with Gasteiger partial charge >= 0.3 is 0 Å². The summed E-state index contributed by atoms with van der Waals surface area (Å²) in [6.07, 6.45) is 5.00. The lowest BCUT2D eigenvalue weighted by Gasteiger charge is -2.03. The average Bonchev–Trinajstić information content (AvgIpc) is 3.12. The fraction of sp³-hybridized carbons (Fsp3) is 0. The normalized spacial score (nSPS) is 10.3. The average molecular weight is 288 g/mol. The van der Waals surface area contributed by atoms with Gasteiger partial charge in [0.2, 0.25) is 0 Å². The Morgan fingerprint density at radius 3 is 2.89 bits per heavy atom. The van der Waals surface area contributed by atoms with Crippen molar-refractivity contribution in [1.29, 1.82) is 0 Å². The van der Waals surface area contributed by atoms with Crippen LogP contribution in [0.3, 0.4) is 0 Å². The van der Waals surface area contributed by atoms with Gasteiger partial charge in [0.25, 0.3) is 5.91 Å². The van der Waals surface area contributed by atoms with E-state index in [1.807, 2.05) is 5.38 Å². The molecule has 0 fully saturated rings. The lowest BCUT2D eigenvalue weighted by Crippen LogP contribution is -2.11. The predicted octanol–water partition coefficient (Wildman–Crippen LogP) is 2.91. The van der Waals surface area contributed by atoms with Gasteiger partial charge in [-0.3, -0.25) is 20.1 Å². The molecule has 0 aliphatic carbocycles. The number of amides is 1. The maximum atomic E-state index is 12.0. The van der Waals surface area contributed by atoms with Gasteiger partial charge in [0.1, 0.15) is 0 Å². The molecule has 0 aliphatic heterocycles. The molecule has 0 saturated carbocycles. The van der Waals surface area contributed by atoms with Crippen LogP contribution in [0, 0.1) is 0 Å². The topological polar surface area (TPSA) is 67.8 Å². The smallest absolute Gasteiger partial charge is 0.257 e. The van der Waals surface area contributed by atoms with Crippen molar-refractivity contribution in [3.8, 4) is 10.6 Å². The molecular formula is C12H8N4OS2. The largest absolute Gasteiger partial charge is 0.298 e. The highest BCUT2D eigenvalue weighted by Gasteiger charge is 2.10. The molecule has 3 aromatic heterocycles. The third-order valence-corrected chi connectivity index (χ3v) is 3.84. The first-order valence-corrected chi connectivity index (χ1v) is 7.14. The Hall–Kier alpha value is -2.12. The third-order valence-electron chi connectivity index (χ3n) is 2.36. The zero-order valence-electron chi connectivity index (χ0n) is 9.61. The Kier molecular flexibility index (Phi) is 3.30. The zero-order chi connectivity index (χ0) is 13.1. The van der Waals surface area contributed by atoms with Crippen molar-refractivity contribution in [2.75, 3.05) is 5.32 Å². The number of carbonyl (C=O) groups is 1. The number of nitrogens with zero attached hydrogens (tertiary/aromatic N) is 3. The van der Waals surface area contributed by atoms with Crippen molar-refractivity contribution in [3.63, 3.8) is 0 Å². The molecule has 19 heavy (non-hydrogen) atoms. The molecule has 3 rings (SSSR count). The quantitative estimate of drug-likeness (QED) is 0.804. The minimum absolute atomic E-state index is 0.192. The van der Waals surface area contributed by atoms with Gasteiger partial charge in [-0.25, -0.2) is 4.98 Å². The maximum Gasteiger partial charge on any atom is 0.257 e. The third kappa shape index (κ3) is 2.67. The van der Waals surface area contributed by atoms with Gasteiger partial charge in [-0.2, -0.15) is 0 Å². The highest BCUT2D eigenvalue weighted by Crippen LogP contribution is 2.22. The van der Waals surface area contributed by atoms with Crippen molar-refractivity contribution in [2.45, 2.75) is 0 Å². The van der Waals surface area contributed by atoms with Crippen molar-refractivity contribution >= 4 is 33.7 Å². The minimum Gasteiger partial charge on any atom is -0.298 e. The highest BCUT2D eigenvalue weighted by atomic mass is 32.1. The summed E-state index contributed by atoms with van der Waals surface area (Å²) in [5.41, 5.74) is 3.03. The van der Waals surface area contributed by atoms with Crippen LogP contribution in [0.15, 0.2) is 41.6 Å². The SMILES string of the molecule is O=C(Nc1nccs1)c1ccnc(-c2cncs2)c1. The van der Waals surface area contributed by atoms with Crippen LogP contribution in [-0.4, -0.2) is 20.9 Å². The number of rotatable bonds is 3. The summed E-state index contributed by atoms with van der Waals surface area (Å²) in [6.45, 7) is 0. The maximum absolute atomic E-state index is 12.0. The summed E-state index contributed by atoms with van der Waals surface area (Å²) in [6, 6.07) is 3.42. The van der Waals surface area contributed by atoms with Crippen molar-refractivity contribution in [1.82, 2.24) is 15.0 Å². The molecule has 94 valence electrons. The van der Waals surface area contributed by atoms with E-state index in [4.69, 9.17) is 0 Å². The fourth-order valence-electron chi connectivity index (χ4n) is 1.50. The van der Waals surface area contributed by atoms with E-state index in [0.717, 1.165) is 10.6 Å². The van der Waals surface area contributed by atoms with E-state index >= 15 is 0 Å². The van der Waals surface area contributed by atoms with E-state index < -0.39 is 0 Å². The molecule has 5 nitrogen and oxygen atoms in total. The molecule has 1 amide bonds. The second-order valence-electron chi connectivity index (χ2n) is 3.59. The molecule has 0 saturated heterocycles. The predicted molar refractivity (Wildman–Crippen MR) is 75.4 cm³/mol. The molecule has 0 spiro atoms. The molecule has 0 unspecified atom stereocenters. The summed E-state index contributed by atoms with van der Waals surface area (Å²) in [5.74, 6) is -0.192. The Balaban J connectivity index is 1.85. The second-order valence-corrected chi connectivity index (χ2v) is 5.37. The number of pyridine rings is 1. The number of aromatic nitrogens is 3. The van der Waals surface area contributed by atoms with Gasteiger partial charge in [-0.05, 0) is 12.1 Å². The molecule has 0 atom stereocenters. The molecular weight excluding hydrogens is 280 g/mol. The van der Waals surface area contributed by atoms with Crippen LogP contribution in [0.1, 0.15) is 10.4 Å². The number of thiazole rings is 2. The molecule has 3 heterocycles. The summed E-state index contributed by atoms with van der Waals surface area (Å²) < 4.78 is 0. The lowest BCUT2D eigenvalue weighted by molar-refractivity contribution is 0.102. The summed E-state index contributed by atoms with van der Waals surface area (Å²) in [4.78, 5) is 25.2. The number of carbonyl (C=O) groups excluding carboxylic acids is 1. The van der Waals surface area contributed by atoms with Crippen LogP contribution in [0.4, 0.5) is 5.13 Å². The van der Waals surface area contributed by atoms with Gasteiger partial charge < -0.3 is 0 Å². The van der Waals surface area contributed by atoms with E-state index in [0.29, 0.717) is 10.7 Å². The number of anilines is 1. The van der Waals surface area contributed by atoms with E-state index in [1.54, 1.807) is 36.2 Å². The number of hydrogen-bond donors (Lipinski definition) is 1. The fourth-order valence-corrected chi connectivity index (χ4v) is 2.62. The molecule has 0 bridgehead atoms. The molecule has 3 aromatic rings.